The second-order valence-corrected chi connectivity index (χ2v) is 2.95. The Morgan fingerprint density at radius 3 is 2.20 bits per heavy atom. The van der Waals surface area contributed by atoms with Crippen LogP contribution in [0.25, 0.3) is 0 Å². The fraction of sp³-hybridized carbons (Fsp3) is 0.300. The molecule has 0 aliphatic heterocycles. The van der Waals surface area contributed by atoms with Gasteiger partial charge >= 0.3 is 0 Å². The highest BCUT2D eigenvalue weighted by Gasteiger charge is 2.39. The first-order valence-corrected chi connectivity index (χ1v) is 3.62. The molecule has 1 aliphatic rings. The molecular weight excluding hydrogens is 120 g/mol. The fourth-order valence-corrected chi connectivity index (χ4v) is 1.17. The third-order valence-corrected chi connectivity index (χ3v) is 2.08. The summed E-state index contributed by atoms with van der Waals surface area (Å²) in [7, 11) is 0. The van der Waals surface area contributed by atoms with Crippen molar-refractivity contribution in [2.45, 2.75) is 18.3 Å². The largest absolute Gasteiger partial charge is 0.0622 e. The maximum absolute atomic E-state index is 7.78. The van der Waals surface area contributed by atoms with Gasteiger partial charge in [0.15, 0.2) is 0 Å². The lowest BCUT2D eigenvalue weighted by Crippen LogP contribution is -1.98. The van der Waals surface area contributed by atoms with Gasteiger partial charge in [-0.05, 0) is 18.4 Å². The Balaban J connectivity index is 2.35. The van der Waals surface area contributed by atoms with Crippen molar-refractivity contribution >= 4 is 0 Å². The third kappa shape index (κ3) is 0.841. The first kappa shape index (κ1) is 5.96. The second-order valence-electron chi connectivity index (χ2n) is 2.95. The van der Waals surface area contributed by atoms with Crippen LogP contribution in [0.5, 0.6) is 0 Å². The van der Waals surface area contributed by atoms with Crippen LogP contribution in [0.2, 0.25) is 0 Å². The highest BCUT2D eigenvalue weighted by atomic mass is 14.4. The first-order valence-electron chi connectivity index (χ1n) is 3.62. The van der Waals surface area contributed by atoms with Crippen LogP contribution < -0.4 is 0 Å². The van der Waals surface area contributed by atoms with E-state index in [1.54, 1.807) is 0 Å². The minimum atomic E-state index is -0.207. The van der Waals surface area contributed by atoms with Crippen LogP contribution in [-0.4, -0.2) is 0 Å². The highest BCUT2D eigenvalue weighted by Crippen LogP contribution is 2.46. The van der Waals surface area contributed by atoms with E-state index in [1.165, 1.54) is 5.56 Å². The van der Waals surface area contributed by atoms with E-state index in [1.807, 2.05) is 30.3 Å². The lowest BCUT2D eigenvalue weighted by Gasteiger charge is -2.05. The van der Waals surface area contributed by atoms with Crippen LogP contribution in [0.3, 0.4) is 0 Å². The van der Waals surface area contributed by atoms with E-state index >= 15 is 0 Å². The zero-order valence-electron chi connectivity index (χ0n) is 5.80. The second kappa shape index (κ2) is 1.85. The van der Waals surface area contributed by atoms with Crippen molar-refractivity contribution in [1.29, 1.82) is 0 Å². The monoisotopic (exact) mass is 129 g/mol. The molecular formula is C10H9. The standard InChI is InChI=1S/C10H9/c1-10(7-8-10)9-5-3-2-4-6-9/h2-6H,7-8H2. The normalized spacial score (nSPS) is 20.5. The minimum absolute atomic E-state index is 0.207. The van der Waals surface area contributed by atoms with Gasteiger partial charge in [0.25, 0.3) is 0 Å². The number of hydrogen-bond donors (Lipinski definition) is 0. The molecule has 1 aromatic carbocycles. The summed E-state index contributed by atoms with van der Waals surface area (Å²) in [5.74, 6) is 0. The summed E-state index contributed by atoms with van der Waals surface area (Å²) < 4.78 is 0. The molecule has 0 spiro atoms. The Labute approximate surface area is 61.9 Å². The molecule has 0 amide bonds. The molecule has 1 fully saturated rings. The Hall–Kier alpha value is -0.780. The SMILES string of the molecule is [C]C1(c2ccccc2)CC1. The topological polar surface area (TPSA) is 0 Å². The Morgan fingerprint density at radius 1 is 1.10 bits per heavy atom. The third-order valence-electron chi connectivity index (χ3n) is 2.08. The van der Waals surface area contributed by atoms with Gasteiger partial charge in [-0.3, -0.25) is 0 Å². The molecule has 1 saturated carbocycles. The van der Waals surface area contributed by atoms with Gasteiger partial charge in [-0.15, -0.1) is 0 Å². The van der Waals surface area contributed by atoms with E-state index < -0.39 is 0 Å². The van der Waals surface area contributed by atoms with Crippen molar-refractivity contribution in [2.75, 3.05) is 0 Å². The van der Waals surface area contributed by atoms with Crippen LogP contribution in [0.15, 0.2) is 30.3 Å². The summed E-state index contributed by atoms with van der Waals surface area (Å²) in [5.41, 5.74) is 0.969. The molecule has 1 aliphatic carbocycles. The average molecular weight is 129 g/mol. The average Bonchev–Trinajstić information content (AvgIpc) is 2.72. The summed E-state index contributed by atoms with van der Waals surface area (Å²) in [5, 5.41) is 0. The van der Waals surface area contributed by atoms with E-state index in [2.05, 4.69) is 0 Å². The number of hydrogen-bond acceptors (Lipinski definition) is 0. The van der Waals surface area contributed by atoms with Crippen molar-refractivity contribution in [1.82, 2.24) is 0 Å². The minimum Gasteiger partial charge on any atom is -0.0622 e. The van der Waals surface area contributed by atoms with Crippen molar-refractivity contribution in [2.24, 2.45) is 0 Å². The van der Waals surface area contributed by atoms with Gasteiger partial charge < -0.3 is 0 Å². The van der Waals surface area contributed by atoms with Crippen LogP contribution >= 0.6 is 0 Å². The van der Waals surface area contributed by atoms with Crippen molar-refractivity contribution < 1.29 is 0 Å². The highest BCUT2D eigenvalue weighted by molar-refractivity contribution is 5.32. The van der Waals surface area contributed by atoms with Gasteiger partial charge in [-0.2, -0.15) is 0 Å². The van der Waals surface area contributed by atoms with Crippen molar-refractivity contribution in [3.05, 3.63) is 42.8 Å². The molecule has 0 aromatic heterocycles. The molecule has 0 nitrogen and oxygen atoms in total. The molecule has 0 saturated heterocycles. The summed E-state index contributed by atoms with van der Waals surface area (Å²) in [4.78, 5) is 0. The molecule has 3 radical (unpaired) electrons. The van der Waals surface area contributed by atoms with Crippen LogP contribution in [0.1, 0.15) is 18.4 Å². The van der Waals surface area contributed by atoms with Gasteiger partial charge in [0.1, 0.15) is 0 Å². The lowest BCUT2D eigenvalue weighted by molar-refractivity contribution is 0.887. The zero-order valence-corrected chi connectivity index (χ0v) is 5.80. The smallest absolute Gasteiger partial charge is 0.00309 e. The molecule has 0 heteroatoms. The molecule has 0 bridgehead atoms. The summed E-state index contributed by atoms with van der Waals surface area (Å²) in [6.45, 7) is 7.78. The molecule has 0 unspecified atom stereocenters. The van der Waals surface area contributed by atoms with Gasteiger partial charge in [0, 0.05) is 12.3 Å². The molecule has 0 heterocycles. The molecule has 0 atom stereocenters. The van der Waals surface area contributed by atoms with Gasteiger partial charge in [-0.1, -0.05) is 30.3 Å². The molecule has 2 rings (SSSR count). The van der Waals surface area contributed by atoms with Crippen LogP contribution in [0.4, 0.5) is 0 Å². The summed E-state index contributed by atoms with van der Waals surface area (Å²) in [6.07, 6.45) is 2.08. The van der Waals surface area contributed by atoms with Crippen molar-refractivity contribution in [3.63, 3.8) is 0 Å². The zero-order chi connectivity index (χ0) is 7.03. The molecule has 10 heavy (non-hydrogen) atoms. The first-order chi connectivity index (χ1) is 4.81. The molecule has 1 aromatic rings. The summed E-state index contributed by atoms with van der Waals surface area (Å²) >= 11 is 0. The van der Waals surface area contributed by atoms with E-state index in [0.29, 0.717) is 0 Å². The number of benzene rings is 1. The predicted molar refractivity (Wildman–Crippen MR) is 40.6 cm³/mol. The fourth-order valence-electron chi connectivity index (χ4n) is 1.17. The number of rotatable bonds is 1. The van der Waals surface area contributed by atoms with Gasteiger partial charge in [0.05, 0.1) is 0 Å². The predicted octanol–water partition coefficient (Wildman–Crippen LogP) is 2.31. The van der Waals surface area contributed by atoms with Crippen molar-refractivity contribution in [3.8, 4) is 0 Å². The summed E-state index contributed by atoms with van der Waals surface area (Å²) in [6, 6.07) is 10.1. The van der Waals surface area contributed by atoms with E-state index in [4.69, 9.17) is 6.92 Å². The Morgan fingerprint density at radius 2 is 1.70 bits per heavy atom. The molecule has 49 valence electrons. The quantitative estimate of drug-likeness (QED) is 0.545. The Bertz CT molecular complexity index is 219. The molecule has 0 N–H and O–H groups in total. The van der Waals surface area contributed by atoms with E-state index in [-0.39, 0.29) is 5.41 Å². The van der Waals surface area contributed by atoms with E-state index in [0.717, 1.165) is 12.8 Å². The van der Waals surface area contributed by atoms with E-state index in [9.17, 15) is 0 Å². The lowest BCUT2D eigenvalue weighted by atomic mass is 9.99. The maximum atomic E-state index is 7.78. The van der Waals surface area contributed by atoms with Crippen LogP contribution in [-0.2, 0) is 5.41 Å². The maximum Gasteiger partial charge on any atom is 0.00309 e. The van der Waals surface area contributed by atoms with Gasteiger partial charge in [0.2, 0.25) is 0 Å². The van der Waals surface area contributed by atoms with Gasteiger partial charge in [-0.25, -0.2) is 0 Å². The van der Waals surface area contributed by atoms with Crippen LogP contribution in [0, 0.1) is 6.92 Å². The Kier molecular flexibility index (Phi) is 1.10.